The molecule has 4 rings (SSSR count). The molecule has 0 spiro atoms. The van der Waals surface area contributed by atoms with E-state index in [2.05, 4.69) is 20.6 Å². The number of aryl methyl sites for hydroxylation is 1. The van der Waals surface area contributed by atoms with Crippen LogP contribution in [0.4, 0.5) is 25.2 Å². The number of carbonyl (C=O) groups excluding carboxylic acids is 2. The van der Waals surface area contributed by atoms with Crippen LogP contribution in [0.25, 0.3) is 0 Å². The summed E-state index contributed by atoms with van der Waals surface area (Å²) in [6.45, 7) is 7.47. The molecule has 1 atom stereocenters. The van der Waals surface area contributed by atoms with Gasteiger partial charge in [0.25, 0.3) is 6.29 Å². The van der Waals surface area contributed by atoms with Crippen molar-refractivity contribution in [1.29, 1.82) is 0 Å². The van der Waals surface area contributed by atoms with E-state index in [9.17, 15) is 29.0 Å². The molecule has 1 aromatic carbocycles. The van der Waals surface area contributed by atoms with E-state index in [0.29, 0.717) is 38.1 Å². The van der Waals surface area contributed by atoms with Gasteiger partial charge in [0.15, 0.2) is 0 Å². The van der Waals surface area contributed by atoms with Gasteiger partial charge in [-0.2, -0.15) is 0 Å². The van der Waals surface area contributed by atoms with Crippen molar-refractivity contribution in [1.82, 2.24) is 20.2 Å². The normalized spacial score (nSPS) is 19.4. The summed E-state index contributed by atoms with van der Waals surface area (Å²) in [6, 6.07) is 2.03. The van der Waals surface area contributed by atoms with Gasteiger partial charge in [0.1, 0.15) is 29.1 Å². The van der Waals surface area contributed by atoms with Gasteiger partial charge in [-0.05, 0) is 51.3 Å². The highest BCUT2D eigenvalue weighted by Gasteiger charge is 2.65. The summed E-state index contributed by atoms with van der Waals surface area (Å²) in [5.74, 6) is -0.0185. The van der Waals surface area contributed by atoms with E-state index < -0.39 is 33.0 Å². The largest absolute Gasteiger partial charge is 0.455 e. The molecule has 2 N–H and O–H groups in total. The Morgan fingerprint density at radius 2 is 1.76 bits per heavy atom. The van der Waals surface area contributed by atoms with Crippen molar-refractivity contribution in [3.63, 3.8) is 0 Å². The van der Waals surface area contributed by atoms with Gasteiger partial charge in [0.2, 0.25) is 11.8 Å². The molecule has 3 heterocycles. The summed E-state index contributed by atoms with van der Waals surface area (Å²) >= 11 is 0. The number of nitrogens with zero attached hydrogens (tertiary/aromatic N) is 3. The Morgan fingerprint density at radius 3 is 2.34 bits per heavy atom. The maximum atomic E-state index is 13.4. The Morgan fingerprint density at radius 1 is 1.12 bits per heavy atom. The lowest BCUT2D eigenvalue weighted by Gasteiger charge is -2.40. The van der Waals surface area contributed by atoms with Gasteiger partial charge in [-0.15, -0.1) is 0 Å². The highest BCUT2D eigenvalue weighted by Crippen LogP contribution is 3.02. The zero-order chi connectivity index (χ0) is 30.3. The van der Waals surface area contributed by atoms with Gasteiger partial charge in [0, 0.05) is 25.6 Å². The maximum absolute atomic E-state index is 13.4. The first-order chi connectivity index (χ1) is 18.8. The molecule has 0 radical (unpaired) electrons. The summed E-state index contributed by atoms with van der Waals surface area (Å²) in [5.41, 5.74) is -0.114. The van der Waals surface area contributed by atoms with Crippen LogP contribution in [0, 0.1) is 6.92 Å². The van der Waals surface area contributed by atoms with Gasteiger partial charge in [-0.1, -0.05) is 31.6 Å². The molecule has 2 aliphatic rings. The SMILES string of the molecule is CC(=O)N1CCC(C)(NC(=O)Cc2nc(C)nc(N[C@H](C)c3cccc(S(F)(F)(F)(F)F)c3)c2C2OC=CO2)CC1. The lowest BCUT2D eigenvalue weighted by atomic mass is 9.89. The predicted octanol–water partition coefficient (Wildman–Crippen LogP) is 6.19. The fourth-order valence-electron chi connectivity index (χ4n) is 4.79. The van der Waals surface area contributed by atoms with Crippen LogP contribution in [-0.2, 0) is 25.5 Å². The lowest BCUT2D eigenvalue weighted by molar-refractivity contribution is -0.130. The molecule has 0 unspecified atom stereocenters. The molecule has 1 fully saturated rings. The standard InChI is InChI=1S/C26H32F5N5O4S/c1-16(19-6-5-7-20(14-19)41(27,28,29,30)31)32-24-23(25-39-12-13-40-25)21(33-17(2)34-24)15-22(38)35-26(4)8-10-36(11-9-26)18(3)37/h5-7,12-14,16,25H,8-11,15H2,1-4H3,(H,35,38)(H,32,33,34)/t16-/m1/s1. The van der Waals surface area contributed by atoms with Crippen LogP contribution in [0.15, 0.2) is 41.7 Å². The average Bonchev–Trinajstić information content (AvgIpc) is 3.37. The van der Waals surface area contributed by atoms with Gasteiger partial charge < -0.3 is 25.0 Å². The van der Waals surface area contributed by atoms with E-state index in [1.165, 1.54) is 32.4 Å². The first kappa shape index (κ1) is 30.3. The Bertz CT molecular complexity index is 1370. The van der Waals surface area contributed by atoms with Crippen LogP contribution in [0.5, 0.6) is 0 Å². The number of hydrogen-bond acceptors (Lipinski definition) is 7. The lowest BCUT2D eigenvalue weighted by Crippen LogP contribution is -2.54. The van der Waals surface area contributed by atoms with E-state index >= 15 is 0 Å². The summed E-state index contributed by atoms with van der Waals surface area (Å²) in [4.78, 5) is 33.3. The minimum atomic E-state index is -9.89. The number of nitrogens with one attached hydrogen (secondary N) is 2. The fraction of sp³-hybridized carbons (Fsp3) is 0.462. The highest BCUT2D eigenvalue weighted by molar-refractivity contribution is 8.45. The molecule has 0 aliphatic carbocycles. The van der Waals surface area contributed by atoms with Crippen molar-refractivity contribution in [2.24, 2.45) is 0 Å². The third-order valence-corrected chi connectivity index (χ3v) is 8.22. The predicted molar refractivity (Wildman–Crippen MR) is 142 cm³/mol. The summed E-state index contributed by atoms with van der Waals surface area (Å²) in [6.07, 6.45) is 2.44. The molecule has 0 saturated carbocycles. The Labute approximate surface area is 234 Å². The summed E-state index contributed by atoms with van der Waals surface area (Å²) in [7, 11) is -9.89. The minimum Gasteiger partial charge on any atom is -0.455 e. The van der Waals surface area contributed by atoms with Crippen molar-refractivity contribution < 1.29 is 38.5 Å². The average molecular weight is 606 g/mol. The third-order valence-electron chi connectivity index (χ3n) is 7.07. The zero-order valence-electron chi connectivity index (χ0n) is 22.9. The van der Waals surface area contributed by atoms with E-state index in [1.54, 1.807) is 11.8 Å². The Kier molecular flexibility index (Phi) is 7.42. The molecule has 226 valence electrons. The molecule has 9 nitrogen and oxygen atoms in total. The summed E-state index contributed by atoms with van der Waals surface area (Å²) in [5, 5.41) is 5.98. The number of hydrogen-bond donors (Lipinski definition) is 2. The van der Waals surface area contributed by atoms with E-state index in [0.717, 1.165) is 6.07 Å². The van der Waals surface area contributed by atoms with E-state index in [-0.39, 0.29) is 46.7 Å². The fourth-order valence-corrected chi connectivity index (χ4v) is 5.49. The minimum absolute atomic E-state index is 0.0285. The summed E-state index contributed by atoms with van der Waals surface area (Å²) < 4.78 is 78.1. The van der Waals surface area contributed by atoms with Crippen LogP contribution in [-0.4, -0.2) is 45.3 Å². The Hall–Kier alpha value is -3.62. The molecule has 15 heteroatoms. The number of rotatable bonds is 8. The molecule has 41 heavy (non-hydrogen) atoms. The number of benzene rings is 1. The van der Waals surface area contributed by atoms with Crippen molar-refractivity contribution in [3.05, 3.63) is 59.4 Å². The smallest absolute Gasteiger partial charge is 0.310 e. The van der Waals surface area contributed by atoms with E-state index in [4.69, 9.17) is 9.47 Å². The second-order valence-electron chi connectivity index (χ2n) is 10.6. The van der Waals surface area contributed by atoms with Gasteiger partial charge in [0.05, 0.1) is 23.7 Å². The topological polar surface area (TPSA) is 106 Å². The number of halogens is 5. The number of piperidine rings is 1. The first-order valence-corrected chi connectivity index (χ1v) is 14.8. The van der Waals surface area contributed by atoms with Gasteiger partial charge >= 0.3 is 10.2 Å². The molecular formula is C26H32F5N5O4S. The number of ether oxygens (including phenoxy) is 2. The number of anilines is 1. The molecule has 2 aliphatic heterocycles. The highest BCUT2D eigenvalue weighted by atomic mass is 32.5. The third kappa shape index (κ3) is 7.37. The van der Waals surface area contributed by atoms with Crippen LogP contribution in [0.2, 0.25) is 0 Å². The second kappa shape index (κ2) is 10.0. The number of aromatic nitrogens is 2. The number of carbonyl (C=O) groups is 2. The van der Waals surface area contributed by atoms with Crippen LogP contribution in [0.1, 0.15) is 68.6 Å². The van der Waals surface area contributed by atoms with Crippen LogP contribution in [0.3, 0.4) is 0 Å². The quantitative estimate of drug-likeness (QED) is 0.346. The second-order valence-corrected chi connectivity index (χ2v) is 13.0. The van der Waals surface area contributed by atoms with Gasteiger partial charge in [-0.3, -0.25) is 9.59 Å². The van der Waals surface area contributed by atoms with Crippen LogP contribution < -0.4 is 10.6 Å². The molecule has 0 bridgehead atoms. The molecule has 2 amide bonds. The Balaban J connectivity index is 1.60. The van der Waals surface area contributed by atoms with Crippen molar-refractivity contribution >= 4 is 27.9 Å². The monoisotopic (exact) mass is 605 g/mol. The maximum Gasteiger partial charge on any atom is 0.310 e. The molecule has 2 aromatic rings. The van der Waals surface area contributed by atoms with Crippen LogP contribution >= 0.6 is 10.2 Å². The van der Waals surface area contributed by atoms with Gasteiger partial charge in [-0.25, -0.2) is 9.97 Å². The number of likely N-dealkylation sites (tertiary alicyclic amines) is 1. The van der Waals surface area contributed by atoms with E-state index in [1.807, 2.05) is 6.92 Å². The molecular weight excluding hydrogens is 573 g/mol. The molecule has 1 saturated heterocycles. The molecule has 1 aromatic heterocycles. The first-order valence-electron chi connectivity index (χ1n) is 12.8. The van der Waals surface area contributed by atoms with Crippen molar-refractivity contribution in [3.8, 4) is 0 Å². The van der Waals surface area contributed by atoms with Crippen molar-refractivity contribution in [2.45, 2.75) is 69.7 Å². The number of amides is 2. The van der Waals surface area contributed by atoms with Crippen molar-refractivity contribution in [2.75, 3.05) is 18.4 Å². The zero-order valence-corrected chi connectivity index (χ0v) is 23.7.